The van der Waals surface area contributed by atoms with Gasteiger partial charge in [0.2, 0.25) is 0 Å². The number of thiol groups is 1. The van der Waals surface area contributed by atoms with Crippen LogP contribution in [0.25, 0.3) is 0 Å². The first-order valence-electron chi connectivity index (χ1n) is 8.01. The average Bonchev–Trinajstić information content (AvgIpc) is 2.36. The van der Waals surface area contributed by atoms with Gasteiger partial charge in [-0.15, -0.1) is 0 Å². The van der Waals surface area contributed by atoms with Gasteiger partial charge in [-0.2, -0.15) is 0 Å². The first-order valence-corrected chi connectivity index (χ1v) is 8.41. The summed E-state index contributed by atoms with van der Waals surface area (Å²) in [6.45, 7) is 14.2. The maximum atomic E-state index is 12.2. The number of likely N-dealkylation sites (N-methyl/N-ethyl adjacent to an activating group) is 1. The Morgan fingerprint density at radius 1 is 1.13 bits per heavy atom. The Hall–Kier alpha value is -0.790. The van der Waals surface area contributed by atoms with Gasteiger partial charge in [-0.05, 0) is 17.9 Å². The van der Waals surface area contributed by atoms with E-state index in [0.29, 0.717) is 6.54 Å². The molecule has 0 saturated carbocycles. The molecule has 0 aromatic heterocycles. The summed E-state index contributed by atoms with van der Waals surface area (Å²) in [5.74, 6) is 0. The molecule has 6 nitrogen and oxygen atoms in total. The lowest BCUT2D eigenvalue weighted by molar-refractivity contribution is -0.111. The maximum absolute atomic E-state index is 12.2. The van der Waals surface area contributed by atoms with Crippen LogP contribution in [0.4, 0.5) is 4.79 Å². The highest BCUT2D eigenvalue weighted by Crippen LogP contribution is 2.20. The fourth-order valence-corrected chi connectivity index (χ4v) is 1.96. The summed E-state index contributed by atoms with van der Waals surface area (Å²) < 4.78 is 1.80. The Morgan fingerprint density at radius 2 is 1.70 bits per heavy atom. The lowest BCUT2D eigenvalue weighted by Crippen LogP contribution is -2.56. The third kappa shape index (κ3) is 9.84. The van der Waals surface area contributed by atoms with E-state index in [1.54, 1.807) is 4.31 Å². The largest absolute Gasteiger partial charge is 0.334 e. The lowest BCUT2D eigenvalue weighted by atomic mass is 9.86. The van der Waals surface area contributed by atoms with E-state index in [1.165, 1.54) is 0 Å². The Balaban J connectivity index is 4.59. The predicted octanol–water partition coefficient (Wildman–Crippen LogP) is 1.68. The van der Waals surface area contributed by atoms with Crippen LogP contribution in [-0.4, -0.2) is 55.4 Å². The maximum Gasteiger partial charge on any atom is 0.315 e. The molecule has 7 heteroatoms. The van der Waals surface area contributed by atoms with E-state index in [0.717, 1.165) is 19.4 Å². The second-order valence-electron chi connectivity index (χ2n) is 8.10. The number of rotatable bonds is 8. The number of hydrogen-bond acceptors (Lipinski definition) is 5. The third-order valence-corrected chi connectivity index (χ3v) is 3.87. The molecule has 2 atom stereocenters. The zero-order valence-corrected chi connectivity index (χ0v) is 16.5. The highest BCUT2D eigenvalue weighted by atomic mass is 32.1. The SMILES string of the molecule is CN(S)CCNC[C@@H](NC(=O)NC(C=O)C(C)(C)C)C(C)(C)C. The molecule has 136 valence electrons. The standard InChI is InChI=1S/C16H34N4O2S/c1-15(2,3)12(10-17-8-9-20(7)23)18-14(22)19-13(11-21)16(4,5)6/h11-13,17,23H,8-10H2,1-7H3,(H2,18,19,22)/t12-,13?/m1/s1. The van der Waals surface area contributed by atoms with Crippen molar-refractivity contribution in [3.05, 3.63) is 0 Å². The van der Waals surface area contributed by atoms with Gasteiger partial charge < -0.3 is 20.7 Å². The summed E-state index contributed by atoms with van der Waals surface area (Å²) >= 11 is 4.19. The Bertz CT molecular complexity index is 375. The van der Waals surface area contributed by atoms with E-state index in [4.69, 9.17) is 0 Å². The van der Waals surface area contributed by atoms with Crippen molar-refractivity contribution in [1.29, 1.82) is 0 Å². The van der Waals surface area contributed by atoms with Crippen LogP contribution in [0.1, 0.15) is 41.5 Å². The smallest absolute Gasteiger partial charge is 0.315 e. The van der Waals surface area contributed by atoms with Crippen molar-refractivity contribution >= 4 is 25.1 Å². The van der Waals surface area contributed by atoms with E-state index >= 15 is 0 Å². The van der Waals surface area contributed by atoms with E-state index in [9.17, 15) is 9.59 Å². The Labute approximate surface area is 146 Å². The van der Waals surface area contributed by atoms with Gasteiger partial charge in [0.05, 0.1) is 6.04 Å². The van der Waals surface area contributed by atoms with E-state index in [1.807, 2.05) is 27.8 Å². The van der Waals surface area contributed by atoms with Gasteiger partial charge in [0.1, 0.15) is 6.29 Å². The summed E-state index contributed by atoms with van der Waals surface area (Å²) in [6, 6.07) is -0.890. The average molecular weight is 347 g/mol. The Morgan fingerprint density at radius 3 is 2.09 bits per heavy atom. The van der Waals surface area contributed by atoms with Crippen molar-refractivity contribution in [2.45, 2.75) is 53.6 Å². The minimum atomic E-state index is -0.520. The van der Waals surface area contributed by atoms with Crippen LogP contribution in [0.2, 0.25) is 0 Å². The first kappa shape index (κ1) is 22.2. The number of urea groups is 1. The van der Waals surface area contributed by atoms with Gasteiger partial charge in [-0.3, -0.25) is 4.31 Å². The molecule has 0 aliphatic heterocycles. The van der Waals surface area contributed by atoms with Crippen molar-refractivity contribution in [2.24, 2.45) is 10.8 Å². The molecule has 0 bridgehead atoms. The molecule has 0 spiro atoms. The molecule has 2 amide bonds. The molecule has 0 aromatic rings. The first-order chi connectivity index (χ1) is 10.4. The number of nitrogens with zero attached hydrogens (tertiary/aromatic N) is 1. The fourth-order valence-electron chi connectivity index (χ4n) is 1.86. The second kappa shape index (κ2) is 9.49. The van der Waals surface area contributed by atoms with Gasteiger partial charge in [-0.25, -0.2) is 4.79 Å². The van der Waals surface area contributed by atoms with E-state index < -0.39 is 6.04 Å². The van der Waals surface area contributed by atoms with Crippen LogP contribution in [0.3, 0.4) is 0 Å². The zero-order chi connectivity index (χ0) is 18.3. The number of nitrogens with one attached hydrogen (secondary N) is 3. The molecule has 3 N–H and O–H groups in total. The monoisotopic (exact) mass is 346 g/mol. The normalized spacial score (nSPS) is 15.2. The molecule has 0 aromatic carbocycles. The van der Waals surface area contributed by atoms with Crippen LogP contribution >= 0.6 is 12.8 Å². The molecule has 0 aliphatic rings. The van der Waals surface area contributed by atoms with Crippen molar-refractivity contribution in [2.75, 3.05) is 26.7 Å². The number of amides is 2. The van der Waals surface area contributed by atoms with Crippen molar-refractivity contribution in [3.8, 4) is 0 Å². The van der Waals surface area contributed by atoms with Crippen molar-refractivity contribution in [1.82, 2.24) is 20.3 Å². The minimum absolute atomic E-state index is 0.0556. The summed E-state index contributed by atoms with van der Waals surface area (Å²) in [5, 5.41) is 9.05. The van der Waals surface area contributed by atoms with Crippen molar-refractivity contribution < 1.29 is 9.59 Å². The van der Waals surface area contributed by atoms with Gasteiger partial charge in [0, 0.05) is 25.7 Å². The van der Waals surface area contributed by atoms with Gasteiger partial charge >= 0.3 is 6.03 Å². The molecule has 0 saturated heterocycles. The lowest BCUT2D eigenvalue weighted by Gasteiger charge is -2.33. The number of carbonyl (C=O) groups is 2. The van der Waals surface area contributed by atoms with Gasteiger partial charge in [-0.1, -0.05) is 54.4 Å². The summed E-state index contributed by atoms with van der Waals surface area (Å²) in [4.78, 5) is 23.4. The molecular formula is C16H34N4O2S. The quantitative estimate of drug-likeness (QED) is 0.306. The van der Waals surface area contributed by atoms with Crippen LogP contribution in [-0.2, 0) is 4.79 Å². The van der Waals surface area contributed by atoms with Gasteiger partial charge in [0.15, 0.2) is 0 Å². The fraction of sp³-hybridized carbons (Fsp3) is 0.875. The summed E-state index contributed by atoms with van der Waals surface area (Å²) in [5.41, 5.74) is -0.415. The molecule has 0 rings (SSSR count). The Kier molecular flexibility index (Phi) is 9.17. The van der Waals surface area contributed by atoms with E-state index in [2.05, 4.69) is 49.5 Å². The number of aldehydes is 1. The van der Waals surface area contributed by atoms with Crippen molar-refractivity contribution in [3.63, 3.8) is 0 Å². The number of carbonyl (C=O) groups excluding carboxylic acids is 2. The molecule has 0 aliphatic carbocycles. The topological polar surface area (TPSA) is 73.5 Å². The van der Waals surface area contributed by atoms with Crippen LogP contribution < -0.4 is 16.0 Å². The molecule has 0 radical (unpaired) electrons. The highest BCUT2D eigenvalue weighted by molar-refractivity contribution is 7.77. The predicted molar refractivity (Wildman–Crippen MR) is 98.7 cm³/mol. The van der Waals surface area contributed by atoms with Crippen LogP contribution in [0, 0.1) is 10.8 Å². The zero-order valence-electron chi connectivity index (χ0n) is 15.6. The number of hydrogen-bond donors (Lipinski definition) is 4. The highest BCUT2D eigenvalue weighted by Gasteiger charge is 2.29. The van der Waals surface area contributed by atoms with E-state index in [-0.39, 0.29) is 22.9 Å². The third-order valence-electron chi connectivity index (χ3n) is 3.67. The summed E-state index contributed by atoms with van der Waals surface area (Å²) in [7, 11) is 1.89. The van der Waals surface area contributed by atoms with Crippen LogP contribution in [0.5, 0.6) is 0 Å². The molecule has 1 unspecified atom stereocenters. The van der Waals surface area contributed by atoms with Crippen LogP contribution in [0.15, 0.2) is 0 Å². The van der Waals surface area contributed by atoms with Gasteiger partial charge in [0.25, 0.3) is 0 Å². The molecule has 23 heavy (non-hydrogen) atoms. The minimum Gasteiger partial charge on any atom is -0.334 e. The summed E-state index contributed by atoms with van der Waals surface area (Å²) in [6.07, 6.45) is 0.784. The molecule has 0 heterocycles. The second-order valence-corrected chi connectivity index (χ2v) is 8.78. The molecule has 0 fully saturated rings. The molecular weight excluding hydrogens is 312 g/mol.